The second kappa shape index (κ2) is 9.18. The van der Waals surface area contributed by atoms with Crippen LogP contribution in [0.1, 0.15) is 44.6 Å². The van der Waals surface area contributed by atoms with Gasteiger partial charge in [0.2, 0.25) is 0 Å². The molecule has 138 valence electrons. The number of carbonyl (C=O) groups excluding carboxylic acids is 1. The van der Waals surface area contributed by atoms with Crippen molar-refractivity contribution in [2.24, 2.45) is 11.8 Å². The molecule has 1 saturated carbocycles. The zero-order chi connectivity index (χ0) is 17.5. The number of amides is 2. The number of hydrogen-bond donors (Lipinski definition) is 1. The van der Waals surface area contributed by atoms with Crippen LogP contribution in [0.25, 0.3) is 0 Å². The van der Waals surface area contributed by atoms with Crippen LogP contribution in [0.2, 0.25) is 0 Å². The summed E-state index contributed by atoms with van der Waals surface area (Å²) in [7, 11) is 0. The van der Waals surface area contributed by atoms with Gasteiger partial charge in [0.05, 0.1) is 0 Å². The third-order valence-electron chi connectivity index (χ3n) is 5.58. The summed E-state index contributed by atoms with van der Waals surface area (Å²) in [6.07, 6.45) is 9.98. The second-order valence-electron chi connectivity index (χ2n) is 7.58. The molecule has 1 N–H and O–H groups in total. The number of urea groups is 1. The Kier molecular flexibility index (Phi) is 6.68. The maximum Gasteiger partial charge on any atom is 0.317 e. The number of piperidine rings is 1. The van der Waals surface area contributed by atoms with E-state index in [-0.39, 0.29) is 6.03 Å². The summed E-state index contributed by atoms with van der Waals surface area (Å²) >= 11 is 0. The topological polar surface area (TPSA) is 48.5 Å². The number of carbonyl (C=O) groups is 1. The number of pyridine rings is 1. The molecular weight excluding hydrogens is 312 g/mol. The van der Waals surface area contributed by atoms with Crippen LogP contribution >= 0.6 is 0 Å². The fourth-order valence-corrected chi connectivity index (χ4v) is 3.63. The van der Waals surface area contributed by atoms with Crippen molar-refractivity contribution in [3.63, 3.8) is 0 Å². The Morgan fingerprint density at radius 3 is 2.72 bits per heavy atom. The minimum atomic E-state index is 0.0613. The molecule has 2 fully saturated rings. The Hall–Kier alpha value is -1.62. The van der Waals surface area contributed by atoms with Gasteiger partial charge in [-0.1, -0.05) is 13.0 Å². The van der Waals surface area contributed by atoms with Crippen molar-refractivity contribution in [3.8, 4) is 0 Å². The molecule has 0 aromatic carbocycles. The highest BCUT2D eigenvalue weighted by molar-refractivity contribution is 5.74. The van der Waals surface area contributed by atoms with Crippen LogP contribution in [0.3, 0.4) is 0 Å². The maximum atomic E-state index is 12.3. The van der Waals surface area contributed by atoms with E-state index in [9.17, 15) is 4.79 Å². The first-order chi connectivity index (χ1) is 12.2. The highest BCUT2D eigenvalue weighted by Crippen LogP contribution is 2.30. The zero-order valence-electron chi connectivity index (χ0n) is 15.5. The van der Waals surface area contributed by atoms with Gasteiger partial charge < -0.3 is 15.1 Å². The van der Waals surface area contributed by atoms with Crippen molar-refractivity contribution in [3.05, 3.63) is 30.1 Å². The van der Waals surface area contributed by atoms with Gasteiger partial charge in [-0.2, -0.15) is 0 Å². The predicted molar refractivity (Wildman–Crippen MR) is 100 cm³/mol. The number of likely N-dealkylation sites (tertiary alicyclic amines) is 1. The first-order valence-corrected chi connectivity index (χ1v) is 9.88. The molecule has 0 radical (unpaired) electrons. The molecule has 0 atom stereocenters. The fraction of sp³-hybridized carbons (Fsp3) is 0.700. The van der Waals surface area contributed by atoms with E-state index in [4.69, 9.17) is 0 Å². The lowest BCUT2D eigenvalue weighted by Gasteiger charge is -2.33. The van der Waals surface area contributed by atoms with Gasteiger partial charge in [-0.25, -0.2) is 4.79 Å². The minimum absolute atomic E-state index is 0.0613. The van der Waals surface area contributed by atoms with Gasteiger partial charge in [-0.15, -0.1) is 0 Å². The van der Waals surface area contributed by atoms with E-state index in [0.29, 0.717) is 6.54 Å². The monoisotopic (exact) mass is 344 g/mol. The lowest BCUT2D eigenvalue weighted by molar-refractivity contribution is 0.160. The summed E-state index contributed by atoms with van der Waals surface area (Å²) in [6, 6.07) is 3.95. The van der Waals surface area contributed by atoms with Gasteiger partial charge in [0, 0.05) is 38.6 Å². The average Bonchev–Trinajstić information content (AvgIpc) is 3.48. The van der Waals surface area contributed by atoms with Crippen LogP contribution in [-0.4, -0.2) is 53.5 Å². The highest BCUT2D eigenvalue weighted by Gasteiger charge is 2.25. The maximum absolute atomic E-state index is 12.3. The molecule has 1 saturated heterocycles. The van der Waals surface area contributed by atoms with Gasteiger partial charge in [0.25, 0.3) is 0 Å². The van der Waals surface area contributed by atoms with Gasteiger partial charge in [-0.05, 0) is 68.7 Å². The van der Waals surface area contributed by atoms with Gasteiger partial charge in [-0.3, -0.25) is 4.98 Å². The van der Waals surface area contributed by atoms with Crippen LogP contribution in [0.5, 0.6) is 0 Å². The molecule has 2 heterocycles. The van der Waals surface area contributed by atoms with E-state index in [1.54, 1.807) is 12.4 Å². The standard InChI is InChI=1S/C20H32N4O/c1-2-23(16-18-5-6-18)11-7-17-8-12-24(13-9-17)20(25)22-15-19-4-3-10-21-14-19/h3-4,10,14,17-18H,2,5-9,11-13,15-16H2,1H3,(H,22,25). The summed E-state index contributed by atoms with van der Waals surface area (Å²) in [5.41, 5.74) is 1.04. The van der Waals surface area contributed by atoms with Crippen LogP contribution in [0.4, 0.5) is 4.79 Å². The number of rotatable bonds is 8. The summed E-state index contributed by atoms with van der Waals surface area (Å²) in [5, 5.41) is 3.01. The van der Waals surface area contributed by atoms with Crippen molar-refractivity contribution < 1.29 is 4.79 Å². The molecule has 5 nitrogen and oxygen atoms in total. The van der Waals surface area contributed by atoms with Crippen LogP contribution in [0.15, 0.2) is 24.5 Å². The Bertz CT molecular complexity index is 524. The van der Waals surface area contributed by atoms with Crippen molar-refractivity contribution in [1.82, 2.24) is 20.1 Å². The van der Waals surface area contributed by atoms with E-state index in [2.05, 4.69) is 22.1 Å². The number of nitrogens with zero attached hydrogens (tertiary/aromatic N) is 3. The molecule has 2 aliphatic rings. The summed E-state index contributed by atoms with van der Waals surface area (Å²) < 4.78 is 0. The molecule has 1 aliphatic carbocycles. The van der Waals surface area contributed by atoms with E-state index < -0.39 is 0 Å². The van der Waals surface area contributed by atoms with Gasteiger partial charge in [0.15, 0.2) is 0 Å². The van der Waals surface area contributed by atoms with Gasteiger partial charge >= 0.3 is 6.03 Å². The van der Waals surface area contributed by atoms with Crippen LogP contribution in [0, 0.1) is 11.8 Å². The fourth-order valence-electron chi connectivity index (χ4n) is 3.63. The van der Waals surface area contributed by atoms with E-state index >= 15 is 0 Å². The summed E-state index contributed by atoms with van der Waals surface area (Å²) in [4.78, 5) is 21.0. The molecule has 0 bridgehead atoms. The Balaban J connectivity index is 1.32. The molecule has 0 unspecified atom stereocenters. The smallest absolute Gasteiger partial charge is 0.317 e. The quantitative estimate of drug-likeness (QED) is 0.788. The molecule has 1 aliphatic heterocycles. The van der Waals surface area contributed by atoms with Crippen LogP contribution in [-0.2, 0) is 6.54 Å². The first kappa shape index (κ1) is 18.2. The minimum Gasteiger partial charge on any atom is -0.334 e. The average molecular weight is 345 g/mol. The largest absolute Gasteiger partial charge is 0.334 e. The molecule has 1 aromatic rings. The van der Waals surface area contributed by atoms with E-state index in [0.717, 1.165) is 43.3 Å². The van der Waals surface area contributed by atoms with Crippen LogP contribution < -0.4 is 5.32 Å². The SMILES string of the molecule is CCN(CCC1CCN(C(=O)NCc2cccnc2)CC1)CC1CC1. The Morgan fingerprint density at radius 1 is 1.28 bits per heavy atom. The third kappa shape index (κ3) is 5.99. The zero-order valence-corrected chi connectivity index (χ0v) is 15.5. The molecule has 25 heavy (non-hydrogen) atoms. The normalized spacial score (nSPS) is 18.6. The Labute approximate surface area is 151 Å². The highest BCUT2D eigenvalue weighted by atomic mass is 16.2. The summed E-state index contributed by atoms with van der Waals surface area (Å²) in [6.45, 7) is 8.30. The van der Waals surface area contributed by atoms with Crippen molar-refractivity contribution in [2.75, 3.05) is 32.7 Å². The molecule has 1 aromatic heterocycles. The third-order valence-corrected chi connectivity index (χ3v) is 5.58. The predicted octanol–water partition coefficient (Wildman–Crippen LogP) is 3.13. The first-order valence-electron chi connectivity index (χ1n) is 9.88. The van der Waals surface area contributed by atoms with Crippen molar-refractivity contribution >= 4 is 6.03 Å². The lowest BCUT2D eigenvalue weighted by atomic mass is 9.93. The second-order valence-corrected chi connectivity index (χ2v) is 7.58. The number of hydrogen-bond acceptors (Lipinski definition) is 3. The van der Waals surface area contributed by atoms with E-state index in [1.807, 2.05) is 17.0 Å². The summed E-state index contributed by atoms with van der Waals surface area (Å²) in [5.74, 6) is 1.75. The van der Waals surface area contributed by atoms with E-state index in [1.165, 1.54) is 38.9 Å². The molecule has 2 amide bonds. The van der Waals surface area contributed by atoms with Crippen molar-refractivity contribution in [2.45, 2.75) is 45.6 Å². The van der Waals surface area contributed by atoms with Crippen molar-refractivity contribution in [1.29, 1.82) is 0 Å². The lowest BCUT2D eigenvalue weighted by Crippen LogP contribution is -2.44. The number of nitrogens with one attached hydrogen (secondary N) is 1. The molecular formula is C20H32N4O. The molecule has 5 heteroatoms. The van der Waals surface area contributed by atoms with Gasteiger partial charge in [0.1, 0.15) is 0 Å². The molecule has 3 rings (SSSR count). The molecule has 0 spiro atoms. The number of aromatic nitrogens is 1. The Morgan fingerprint density at radius 2 is 2.08 bits per heavy atom.